The standard InChI is InChI=1S/C13H13NO2S/c1-13(12(15)16)6-9-7-4-2-3-5-8(7)10(13)14-11(9)17/h2-5,9-10H,6H2,1H3,(H,14,17)(H,15,16). The Balaban J connectivity index is 2.20. The van der Waals surface area contributed by atoms with E-state index in [1.54, 1.807) is 6.92 Å². The fraction of sp³-hybridized carbons (Fsp3) is 0.385. The van der Waals surface area contributed by atoms with Crippen LogP contribution in [0.25, 0.3) is 0 Å². The molecule has 3 atom stereocenters. The smallest absolute Gasteiger partial charge is 0.311 e. The maximum atomic E-state index is 11.5. The van der Waals surface area contributed by atoms with Crippen LogP contribution in [-0.4, -0.2) is 16.1 Å². The number of nitrogens with one attached hydrogen (secondary N) is 1. The number of carboxylic acids is 1. The van der Waals surface area contributed by atoms with E-state index in [-0.39, 0.29) is 12.0 Å². The van der Waals surface area contributed by atoms with E-state index in [0.717, 1.165) is 10.6 Å². The molecule has 2 heterocycles. The van der Waals surface area contributed by atoms with Gasteiger partial charge < -0.3 is 10.4 Å². The van der Waals surface area contributed by atoms with E-state index in [4.69, 9.17) is 12.2 Å². The summed E-state index contributed by atoms with van der Waals surface area (Å²) in [6, 6.07) is 7.80. The molecule has 0 amide bonds. The zero-order valence-electron chi connectivity index (χ0n) is 9.43. The van der Waals surface area contributed by atoms with Crippen LogP contribution in [0.3, 0.4) is 0 Å². The molecule has 4 rings (SSSR count). The number of hydrogen-bond donors (Lipinski definition) is 2. The van der Waals surface area contributed by atoms with E-state index >= 15 is 0 Å². The molecule has 0 spiro atoms. The monoisotopic (exact) mass is 247 g/mol. The Morgan fingerprint density at radius 3 is 2.76 bits per heavy atom. The molecule has 1 aliphatic carbocycles. The van der Waals surface area contributed by atoms with Gasteiger partial charge in [0.2, 0.25) is 0 Å². The van der Waals surface area contributed by atoms with Crippen molar-refractivity contribution in [3.05, 3.63) is 35.4 Å². The van der Waals surface area contributed by atoms with Gasteiger partial charge in [-0.2, -0.15) is 0 Å². The summed E-state index contributed by atoms with van der Waals surface area (Å²) in [6.07, 6.45) is 0.593. The molecule has 1 aromatic rings. The van der Waals surface area contributed by atoms with Crippen LogP contribution < -0.4 is 5.32 Å². The zero-order valence-corrected chi connectivity index (χ0v) is 10.3. The number of fused-ring (bicyclic) bond motifs is 2. The molecule has 0 saturated carbocycles. The highest BCUT2D eigenvalue weighted by Crippen LogP contribution is 2.53. The van der Waals surface area contributed by atoms with Crippen LogP contribution in [0.15, 0.2) is 24.3 Å². The fourth-order valence-corrected chi connectivity index (χ4v) is 3.34. The highest BCUT2D eigenvalue weighted by Gasteiger charge is 2.53. The van der Waals surface area contributed by atoms with Gasteiger partial charge in [-0.15, -0.1) is 0 Å². The van der Waals surface area contributed by atoms with Gasteiger partial charge in [0, 0.05) is 5.92 Å². The number of carbonyl (C=O) groups is 1. The Morgan fingerprint density at radius 1 is 1.47 bits per heavy atom. The second-order valence-electron chi connectivity index (χ2n) is 5.05. The maximum absolute atomic E-state index is 11.5. The molecule has 3 unspecified atom stereocenters. The topological polar surface area (TPSA) is 49.3 Å². The minimum absolute atomic E-state index is 0.0484. The van der Waals surface area contributed by atoms with Crippen LogP contribution in [0.5, 0.6) is 0 Å². The molecule has 1 saturated heterocycles. The van der Waals surface area contributed by atoms with Crippen molar-refractivity contribution in [1.82, 2.24) is 5.32 Å². The summed E-state index contributed by atoms with van der Waals surface area (Å²) < 4.78 is 0. The van der Waals surface area contributed by atoms with Crippen molar-refractivity contribution in [1.29, 1.82) is 0 Å². The minimum atomic E-state index is -0.763. The zero-order chi connectivity index (χ0) is 12.2. The average Bonchev–Trinajstić information content (AvgIpc) is 2.31. The Labute approximate surface area is 105 Å². The number of piperidine rings is 1. The maximum Gasteiger partial charge on any atom is 0.311 e. The van der Waals surface area contributed by atoms with Crippen LogP contribution in [0.2, 0.25) is 0 Å². The Morgan fingerprint density at radius 2 is 2.12 bits per heavy atom. The van der Waals surface area contributed by atoms with Gasteiger partial charge in [-0.1, -0.05) is 36.5 Å². The van der Waals surface area contributed by atoms with Crippen molar-refractivity contribution in [3.63, 3.8) is 0 Å². The average molecular weight is 247 g/mol. The van der Waals surface area contributed by atoms with Crippen LogP contribution >= 0.6 is 12.2 Å². The number of rotatable bonds is 1. The van der Waals surface area contributed by atoms with Gasteiger partial charge in [0.25, 0.3) is 0 Å². The van der Waals surface area contributed by atoms with Gasteiger partial charge in [0.15, 0.2) is 0 Å². The van der Waals surface area contributed by atoms with Crippen molar-refractivity contribution >= 4 is 23.2 Å². The van der Waals surface area contributed by atoms with Crippen molar-refractivity contribution in [2.45, 2.75) is 25.3 Å². The highest BCUT2D eigenvalue weighted by molar-refractivity contribution is 7.80. The van der Waals surface area contributed by atoms with Gasteiger partial charge >= 0.3 is 5.97 Å². The van der Waals surface area contributed by atoms with E-state index in [1.165, 1.54) is 5.56 Å². The predicted molar refractivity (Wildman–Crippen MR) is 68.0 cm³/mol. The summed E-state index contributed by atoms with van der Waals surface area (Å²) >= 11 is 5.32. The molecule has 1 fully saturated rings. The van der Waals surface area contributed by atoms with Crippen molar-refractivity contribution in [3.8, 4) is 0 Å². The van der Waals surface area contributed by atoms with Crippen molar-refractivity contribution < 1.29 is 9.90 Å². The lowest BCUT2D eigenvalue weighted by molar-refractivity contribution is -0.151. The first-order valence-corrected chi connectivity index (χ1v) is 6.07. The highest BCUT2D eigenvalue weighted by atomic mass is 32.1. The summed E-state index contributed by atoms with van der Waals surface area (Å²) in [5.41, 5.74) is 1.52. The van der Waals surface area contributed by atoms with Gasteiger partial charge in [-0.3, -0.25) is 4.79 Å². The molecule has 2 aliphatic heterocycles. The SMILES string of the molecule is CC1(C(=O)O)CC2C(=S)NC1c1ccccc12. The lowest BCUT2D eigenvalue weighted by Crippen LogP contribution is -2.55. The fourth-order valence-electron chi connectivity index (χ4n) is 3.01. The third-order valence-corrected chi connectivity index (χ3v) is 4.44. The minimum Gasteiger partial charge on any atom is -0.481 e. The number of carboxylic acid groups (broad SMARTS) is 1. The number of aliphatic carboxylic acids is 1. The largest absolute Gasteiger partial charge is 0.481 e. The first-order valence-electron chi connectivity index (χ1n) is 5.66. The van der Waals surface area contributed by atoms with E-state index in [9.17, 15) is 9.90 Å². The van der Waals surface area contributed by atoms with E-state index in [0.29, 0.717) is 6.42 Å². The summed E-state index contributed by atoms with van der Waals surface area (Å²) in [6.45, 7) is 1.80. The van der Waals surface area contributed by atoms with Crippen LogP contribution in [0.1, 0.15) is 36.4 Å². The molecule has 0 aromatic heterocycles. The van der Waals surface area contributed by atoms with Gasteiger partial charge in [-0.05, 0) is 24.5 Å². The van der Waals surface area contributed by atoms with Crippen LogP contribution in [0.4, 0.5) is 0 Å². The normalized spacial score (nSPS) is 34.1. The quantitative estimate of drug-likeness (QED) is 0.747. The molecule has 3 nitrogen and oxygen atoms in total. The summed E-state index contributed by atoms with van der Waals surface area (Å²) in [7, 11) is 0. The summed E-state index contributed by atoms with van der Waals surface area (Å²) in [4.78, 5) is 12.3. The van der Waals surface area contributed by atoms with Crippen LogP contribution in [0, 0.1) is 5.41 Å². The lowest BCUT2D eigenvalue weighted by atomic mass is 9.62. The van der Waals surface area contributed by atoms with E-state index < -0.39 is 11.4 Å². The molecular formula is C13H13NO2S. The number of thiocarbonyl (C=S) groups is 1. The molecule has 2 bridgehead atoms. The molecule has 2 N–H and O–H groups in total. The second-order valence-corrected chi connectivity index (χ2v) is 5.49. The number of benzene rings is 1. The van der Waals surface area contributed by atoms with Gasteiger partial charge in [0.05, 0.1) is 16.4 Å². The molecule has 0 radical (unpaired) electrons. The van der Waals surface area contributed by atoms with Gasteiger partial charge in [-0.25, -0.2) is 0 Å². The summed E-state index contributed by atoms with van der Waals surface area (Å²) in [5, 5.41) is 12.6. The Bertz CT molecular complexity index is 528. The van der Waals surface area contributed by atoms with E-state index in [2.05, 4.69) is 11.4 Å². The first-order chi connectivity index (χ1) is 8.04. The molecule has 88 valence electrons. The second kappa shape index (κ2) is 3.29. The Kier molecular flexibility index (Phi) is 2.08. The van der Waals surface area contributed by atoms with Crippen LogP contribution in [-0.2, 0) is 4.79 Å². The molecule has 17 heavy (non-hydrogen) atoms. The van der Waals surface area contributed by atoms with E-state index in [1.807, 2.05) is 18.2 Å². The Hall–Kier alpha value is -1.42. The van der Waals surface area contributed by atoms with Crippen molar-refractivity contribution in [2.24, 2.45) is 5.41 Å². The third kappa shape index (κ3) is 1.27. The predicted octanol–water partition coefficient (Wildman–Crippen LogP) is 2.24. The molecule has 4 heteroatoms. The molecular weight excluding hydrogens is 234 g/mol. The number of hydrogen-bond acceptors (Lipinski definition) is 2. The van der Waals surface area contributed by atoms with Gasteiger partial charge in [0.1, 0.15) is 0 Å². The lowest BCUT2D eigenvalue weighted by Gasteiger charge is -2.49. The first kappa shape index (κ1) is 10.7. The molecule has 3 aliphatic rings. The summed E-state index contributed by atoms with van der Waals surface area (Å²) in [5.74, 6) is -0.704. The molecule has 1 aromatic carbocycles. The van der Waals surface area contributed by atoms with Crippen molar-refractivity contribution in [2.75, 3.05) is 0 Å². The third-order valence-electron chi connectivity index (χ3n) is 4.04.